The van der Waals surface area contributed by atoms with Gasteiger partial charge in [0.15, 0.2) is 0 Å². The van der Waals surface area contributed by atoms with Crippen molar-refractivity contribution in [2.45, 2.75) is 32.6 Å². The van der Waals surface area contributed by atoms with Crippen molar-refractivity contribution in [2.24, 2.45) is 5.92 Å². The van der Waals surface area contributed by atoms with E-state index in [4.69, 9.17) is 0 Å². The van der Waals surface area contributed by atoms with Crippen LogP contribution in [0.1, 0.15) is 20.3 Å². The summed E-state index contributed by atoms with van der Waals surface area (Å²) in [5, 5.41) is 0. The Morgan fingerprint density at radius 1 is 1.40 bits per heavy atom. The van der Waals surface area contributed by atoms with Gasteiger partial charge in [-0.05, 0) is 5.92 Å². The van der Waals surface area contributed by atoms with Crippen molar-refractivity contribution in [2.75, 3.05) is 0 Å². The average Bonchev–Trinajstić information content (AvgIpc) is 1.87. The Morgan fingerprint density at radius 2 is 1.90 bits per heavy atom. The molecule has 0 aromatic heterocycles. The maximum Gasteiger partial charge on any atom is 0.121 e. The summed E-state index contributed by atoms with van der Waals surface area (Å²) in [6.45, 7) is 6.70. The smallest absolute Gasteiger partial charge is 0.121 e. The molecular formula is C8H14F2. The summed E-state index contributed by atoms with van der Waals surface area (Å²) in [4.78, 5) is 0. The van der Waals surface area contributed by atoms with Crippen LogP contribution < -0.4 is 0 Å². The minimum Gasteiger partial charge on any atom is -0.247 e. The van der Waals surface area contributed by atoms with Gasteiger partial charge in [0.25, 0.3) is 0 Å². The first-order valence-corrected chi connectivity index (χ1v) is 3.48. The Balaban J connectivity index is 3.56. The van der Waals surface area contributed by atoms with Crippen LogP contribution in [0, 0.1) is 5.92 Å². The molecule has 0 radical (unpaired) electrons. The monoisotopic (exact) mass is 148 g/mol. The Kier molecular flexibility index (Phi) is 4.24. The Bertz CT molecular complexity index is 99.4. The summed E-state index contributed by atoms with van der Waals surface area (Å²) in [6.07, 6.45) is -1.17. The van der Waals surface area contributed by atoms with E-state index in [0.717, 1.165) is 6.08 Å². The Morgan fingerprint density at radius 3 is 2.20 bits per heavy atom. The van der Waals surface area contributed by atoms with Crippen LogP contribution >= 0.6 is 0 Å². The number of alkyl halides is 2. The molecule has 0 N–H and O–H groups in total. The first kappa shape index (κ1) is 9.60. The second-order valence-electron chi connectivity index (χ2n) is 2.75. The molecule has 0 aromatic rings. The Labute approximate surface area is 60.9 Å². The maximum atomic E-state index is 12.7. The highest BCUT2D eigenvalue weighted by molar-refractivity contribution is 4.81. The molecule has 0 rings (SSSR count). The zero-order chi connectivity index (χ0) is 8.15. The van der Waals surface area contributed by atoms with Crippen LogP contribution in [0.25, 0.3) is 0 Å². The number of rotatable bonds is 4. The molecule has 0 amide bonds. The molecule has 0 heterocycles. The van der Waals surface area contributed by atoms with Crippen LogP contribution in [0.5, 0.6) is 0 Å². The van der Waals surface area contributed by atoms with E-state index in [2.05, 4.69) is 6.58 Å². The average molecular weight is 148 g/mol. The van der Waals surface area contributed by atoms with Gasteiger partial charge >= 0.3 is 0 Å². The van der Waals surface area contributed by atoms with Gasteiger partial charge in [-0.25, -0.2) is 8.78 Å². The summed E-state index contributed by atoms with van der Waals surface area (Å²) >= 11 is 0. The van der Waals surface area contributed by atoms with Crippen molar-refractivity contribution >= 4 is 0 Å². The van der Waals surface area contributed by atoms with E-state index >= 15 is 0 Å². The van der Waals surface area contributed by atoms with Gasteiger partial charge in [0.1, 0.15) is 12.3 Å². The van der Waals surface area contributed by atoms with Gasteiger partial charge in [0.2, 0.25) is 0 Å². The van der Waals surface area contributed by atoms with E-state index in [-0.39, 0.29) is 12.3 Å². The quantitative estimate of drug-likeness (QED) is 0.538. The summed E-state index contributed by atoms with van der Waals surface area (Å²) in [5.41, 5.74) is 0. The van der Waals surface area contributed by atoms with Crippen molar-refractivity contribution < 1.29 is 8.78 Å². The van der Waals surface area contributed by atoms with E-state index in [1.54, 1.807) is 13.8 Å². The van der Waals surface area contributed by atoms with E-state index in [9.17, 15) is 8.78 Å². The lowest BCUT2D eigenvalue weighted by molar-refractivity contribution is 0.198. The Hall–Kier alpha value is -0.400. The van der Waals surface area contributed by atoms with Gasteiger partial charge in [0, 0.05) is 6.42 Å². The topological polar surface area (TPSA) is 0 Å². The SMILES string of the molecule is C=CC(F)CC(F)C(C)C. The van der Waals surface area contributed by atoms with E-state index < -0.39 is 12.3 Å². The number of hydrogen-bond donors (Lipinski definition) is 0. The molecule has 0 saturated carbocycles. The van der Waals surface area contributed by atoms with Gasteiger partial charge in [-0.2, -0.15) is 0 Å². The van der Waals surface area contributed by atoms with Gasteiger partial charge in [-0.15, -0.1) is 6.58 Å². The highest BCUT2D eigenvalue weighted by Crippen LogP contribution is 2.14. The molecule has 10 heavy (non-hydrogen) atoms. The van der Waals surface area contributed by atoms with Crippen molar-refractivity contribution in [3.05, 3.63) is 12.7 Å². The highest BCUT2D eigenvalue weighted by Gasteiger charge is 2.15. The largest absolute Gasteiger partial charge is 0.247 e. The van der Waals surface area contributed by atoms with Gasteiger partial charge < -0.3 is 0 Å². The minimum absolute atomic E-state index is 0.0544. The lowest BCUT2D eigenvalue weighted by atomic mass is 10.0. The maximum absolute atomic E-state index is 12.7. The summed E-state index contributed by atoms with van der Waals surface area (Å²) in [7, 11) is 0. The standard InChI is InChI=1S/C8H14F2/c1-4-7(9)5-8(10)6(2)3/h4,6-8H,1,5H2,2-3H3. The summed E-state index contributed by atoms with van der Waals surface area (Å²) < 4.78 is 25.1. The van der Waals surface area contributed by atoms with Crippen molar-refractivity contribution in [1.82, 2.24) is 0 Å². The first-order chi connectivity index (χ1) is 4.57. The second kappa shape index (κ2) is 4.42. The molecular weight excluding hydrogens is 134 g/mol. The molecule has 0 aliphatic heterocycles. The molecule has 0 saturated heterocycles. The molecule has 0 nitrogen and oxygen atoms in total. The predicted molar refractivity (Wildman–Crippen MR) is 39.4 cm³/mol. The molecule has 2 unspecified atom stereocenters. The molecule has 0 spiro atoms. The molecule has 0 bridgehead atoms. The summed E-state index contributed by atoms with van der Waals surface area (Å²) in [5.74, 6) is -0.0989. The van der Waals surface area contributed by atoms with Gasteiger partial charge in [-0.1, -0.05) is 19.9 Å². The third-order valence-electron chi connectivity index (χ3n) is 1.43. The van der Waals surface area contributed by atoms with E-state index in [1.165, 1.54) is 0 Å². The molecule has 60 valence electrons. The van der Waals surface area contributed by atoms with Crippen LogP contribution in [0.3, 0.4) is 0 Å². The van der Waals surface area contributed by atoms with Gasteiger partial charge in [-0.3, -0.25) is 0 Å². The molecule has 0 aliphatic rings. The van der Waals surface area contributed by atoms with Crippen molar-refractivity contribution in [3.8, 4) is 0 Å². The fraction of sp³-hybridized carbons (Fsp3) is 0.750. The lowest BCUT2D eigenvalue weighted by Gasteiger charge is -2.11. The molecule has 2 heteroatoms. The number of allylic oxidation sites excluding steroid dienone is 1. The fourth-order valence-electron chi connectivity index (χ4n) is 0.583. The number of hydrogen-bond acceptors (Lipinski definition) is 0. The van der Waals surface area contributed by atoms with Crippen molar-refractivity contribution in [3.63, 3.8) is 0 Å². The molecule has 0 aromatic carbocycles. The van der Waals surface area contributed by atoms with Crippen LogP contribution in [0.2, 0.25) is 0 Å². The van der Waals surface area contributed by atoms with Gasteiger partial charge in [0.05, 0.1) is 0 Å². The lowest BCUT2D eigenvalue weighted by Crippen LogP contribution is -2.14. The number of halogens is 2. The first-order valence-electron chi connectivity index (χ1n) is 3.48. The third kappa shape index (κ3) is 3.59. The second-order valence-corrected chi connectivity index (χ2v) is 2.75. The van der Waals surface area contributed by atoms with Crippen LogP contribution in [-0.2, 0) is 0 Å². The van der Waals surface area contributed by atoms with E-state index in [1.807, 2.05) is 0 Å². The zero-order valence-corrected chi connectivity index (χ0v) is 6.48. The van der Waals surface area contributed by atoms with Crippen LogP contribution in [0.15, 0.2) is 12.7 Å². The normalized spacial score (nSPS) is 16.9. The minimum atomic E-state index is -1.20. The van der Waals surface area contributed by atoms with Crippen LogP contribution in [-0.4, -0.2) is 12.3 Å². The zero-order valence-electron chi connectivity index (χ0n) is 6.48. The molecule has 0 aliphatic carbocycles. The van der Waals surface area contributed by atoms with Crippen LogP contribution in [0.4, 0.5) is 8.78 Å². The molecule has 0 fully saturated rings. The van der Waals surface area contributed by atoms with Crippen molar-refractivity contribution in [1.29, 1.82) is 0 Å². The summed E-state index contributed by atoms with van der Waals surface area (Å²) in [6, 6.07) is 0. The highest BCUT2D eigenvalue weighted by atomic mass is 19.1. The fourth-order valence-corrected chi connectivity index (χ4v) is 0.583. The third-order valence-corrected chi connectivity index (χ3v) is 1.43. The van der Waals surface area contributed by atoms with E-state index in [0.29, 0.717) is 0 Å². The predicted octanol–water partition coefficient (Wildman–Crippen LogP) is 2.89. The molecule has 2 atom stereocenters.